The molecule has 1 N–H and O–H groups in total. The van der Waals surface area contributed by atoms with Crippen molar-refractivity contribution in [2.45, 2.75) is 39.2 Å². The van der Waals surface area contributed by atoms with E-state index in [-0.39, 0.29) is 0 Å². The Morgan fingerprint density at radius 1 is 1.29 bits per heavy atom. The number of aliphatic imine (C=N–C) groups is 1. The lowest BCUT2D eigenvalue weighted by atomic mass is 9.97. The summed E-state index contributed by atoms with van der Waals surface area (Å²) in [6, 6.07) is 4.41. The predicted octanol–water partition coefficient (Wildman–Crippen LogP) is 3.27. The molecule has 1 atom stereocenters. The summed E-state index contributed by atoms with van der Waals surface area (Å²) in [6.45, 7) is 9.28. The average Bonchev–Trinajstić information content (AvgIpc) is 3.10. The first kappa shape index (κ1) is 17.7. The van der Waals surface area contributed by atoms with Crippen LogP contribution in [0, 0.1) is 11.8 Å². The molecule has 2 fully saturated rings. The molecule has 5 heteroatoms. The number of nitrogens with one attached hydrogen (secondary N) is 1. The second-order valence-electron chi connectivity index (χ2n) is 7.42. The Balaban J connectivity index is 1.44. The average molecular weight is 349 g/mol. The minimum atomic E-state index is 0.735. The number of guanidine groups is 1. The minimum absolute atomic E-state index is 0.735. The molecular weight excluding hydrogens is 316 g/mol. The normalized spacial score (nSPS) is 24.3. The van der Waals surface area contributed by atoms with Crippen LogP contribution in [0.3, 0.4) is 0 Å². The van der Waals surface area contributed by atoms with E-state index in [2.05, 4.69) is 44.5 Å². The van der Waals surface area contributed by atoms with Crippen molar-refractivity contribution >= 4 is 17.3 Å². The van der Waals surface area contributed by atoms with Crippen molar-refractivity contribution in [3.05, 3.63) is 22.4 Å². The molecule has 4 nitrogen and oxygen atoms in total. The predicted molar refractivity (Wildman–Crippen MR) is 104 cm³/mol. The van der Waals surface area contributed by atoms with E-state index in [1.54, 1.807) is 0 Å². The molecule has 1 aromatic rings. The first-order valence-corrected chi connectivity index (χ1v) is 10.3. The lowest BCUT2D eigenvalue weighted by molar-refractivity contribution is 0.168. The van der Waals surface area contributed by atoms with Gasteiger partial charge in [0.1, 0.15) is 0 Å². The quantitative estimate of drug-likeness (QED) is 0.669. The molecule has 0 bridgehead atoms. The fraction of sp³-hybridized carbons (Fsp3) is 0.737. The summed E-state index contributed by atoms with van der Waals surface area (Å²) in [4.78, 5) is 11.1. The van der Waals surface area contributed by atoms with Crippen LogP contribution in [0.15, 0.2) is 22.5 Å². The Labute approximate surface area is 150 Å². The summed E-state index contributed by atoms with van der Waals surface area (Å²) in [5, 5.41) is 5.84. The van der Waals surface area contributed by atoms with Gasteiger partial charge in [0.05, 0.1) is 0 Å². The topological polar surface area (TPSA) is 30.9 Å². The van der Waals surface area contributed by atoms with Crippen LogP contribution >= 0.6 is 11.3 Å². The van der Waals surface area contributed by atoms with Crippen molar-refractivity contribution in [2.24, 2.45) is 16.8 Å². The lowest BCUT2D eigenvalue weighted by Crippen LogP contribution is -2.48. The zero-order chi connectivity index (χ0) is 16.8. The van der Waals surface area contributed by atoms with Crippen molar-refractivity contribution < 1.29 is 0 Å². The van der Waals surface area contributed by atoms with Crippen molar-refractivity contribution in [1.82, 2.24) is 15.1 Å². The minimum Gasteiger partial charge on any atom is -0.356 e. The van der Waals surface area contributed by atoms with Gasteiger partial charge >= 0.3 is 0 Å². The summed E-state index contributed by atoms with van der Waals surface area (Å²) in [5.74, 6) is 2.71. The maximum atomic E-state index is 4.52. The highest BCUT2D eigenvalue weighted by molar-refractivity contribution is 7.09. The molecular formula is C19H32N4S. The monoisotopic (exact) mass is 348 g/mol. The molecule has 0 saturated carbocycles. The lowest BCUT2D eigenvalue weighted by Gasteiger charge is -2.35. The second-order valence-corrected chi connectivity index (χ2v) is 8.45. The number of likely N-dealkylation sites (tertiary alicyclic amines) is 2. The number of piperidine rings is 2. The van der Waals surface area contributed by atoms with Crippen LogP contribution in [-0.2, 0) is 6.54 Å². The molecule has 2 aliphatic rings. The van der Waals surface area contributed by atoms with Crippen LogP contribution in [0.2, 0.25) is 0 Å². The van der Waals surface area contributed by atoms with E-state index in [0.29, 0.717) is 0 Å². The number of rotatable bonds is 4. The summed E-state index contributed by atoms with van der Waals surface area (Å²) < 4.78 is 0. The van der Waals surface area contributed by atoms with Crippen LogP contribution < -0.4 is 5.32 Å². The van der Waals surface area contributed by atoms with E-state index in [4.69, 9.17) is 0 Å². The van der Waals surface area contributed by atoms with Gasteiger partial charge < -0.3 is 10.2 Å². The fourth-order valence-electron chi connectivity index (χ4n) is 3.87. The highest BCUT2D eigenvalue weighted by Crippen LogP contribution is 2.20. The zero-order valence-corrected chi connectivity index (χ0v) is 16.0. The van der Waals surface area contributed by atoms with Gasteiger partial charge in [0.25, 0.3) is 0 Å². The first-order valence-electron chi connectivity index (χ1n) is 9.45. The Hall–Kier alpha value is -1.07. The maximum Gasteiger partial charge on any atom is 0.193 e. The number of hydrogen-bond donors (Lipinski definition) is 1. The molecule has 2 aliphatic heterocycles. The standard InChI is InChI=1S/C19H32N4S/c1-16-7-10-23(11-8-16)19(20-2)21-13-17-5-3-9-22(14-17)15-18-6-4-12-24-18/h4,6,12,16-17H,3,5,7-11,13-15H2,1-2H3,(H,20,21). The molecule has 0 radical (unpaired) electrons. The van der Waals surface area contributed by atoms with Crippen LogP contribution in [0.4, 0.5) is 0 Å². The molecule has 3 rings (SSSR count). The molecule has 0 aliphatic carbocycles. The second kappa shape index (κ2) is 8.86. The van der Waals surface area contributed by atoms with Crippen molar-refractivity contribution in [3.8, 4) is 0 Å². The van der Waals surface area contributed by atoms with Crippen LogP contribution in [-0.4, -0.2) is 55.5 Å². The molecule has 0 aromatic carbocycles. The summed E-state index contributed by atoms with van der Waals surface area (Å²) >= 11 is 1.88. The number of nitrogens with zero attached hydrogens (tertiary/aromatic N) is 3. The van der Waals surface area contributed by atoms with Gasteiger partial charge in [-0.05, 0) is 55.5 Å². The molecule has 0 spiro atoms. The molecule has 134 valence electrons. The van der Waals surface area contributed by atoms with E-state index in [0.717, 1.165) is 44.0 Å². The fourth-order valence-corrected chi connectivity index (χ4v) is 4.62. The Bertz CT molecular complexity index is 505. The Morgan fingerprint density at radius 3 is 2.83 bits per heavy atom. The van der Waals surface area contributed by atoms with Gasteiger partial charge in [0.15, 0.2) is 5.96 Å². The molecule has 3 heterocycles. The highest BCUT2D eigenvalue weighted by atomic mass is 32.1. The summed E-state index contributed by atoms with van der Waals surface area (Å²) in [6.07, 6.45) is 5.23. The molecule has 24 heavy (non-hydrogen) atoms. The van der Waals surface area contributed by atoms with E-state index >= 15 is 0 Å². The molecule has 2 saturated heterocycles. The van der Waals surface area contributed by atoms with Gasteiger partial charge in [-0.15, -0.1) is 11.3 Å². The van der Waals surface area contributed by atoms with Gasteiger partial charge in [-0.2, -0.15) is 0 Å². The van der Waals surface area contributed by atoms with Gasteiger partial charge in [-0.3, -0.25) is 9.89 Å². The van der Waals surface area contributed by atoms with Gasteiger partial charge in [-0.1, -0.05) is 13.0 Å². The van der Waals surface area contributed by atoms with Crippen LogP contribution in [0.1, 0.15) is 37.5 Å². The third kappa shape index (κ3) is 4.96. The largest absolute Gasteiger partial charge is 0.356 e. The smallest absolute Gasteiger partial charge is 0.193 e. The first-order chi connectivity index (χ1) is 11.7. The molecule has 1 unspecified atom stereocenters. The summed E-state index contributed by atoms with van der Waals surface area (Å²) in [5.41, 5.74) is 0. The third-order valence-corrected chi connectivity index (χ3v) is 6.27. The van der Waals surface area contributed by atoms with E-state index in [9.17, 15) is 0 Å². The van der Waals surface area contributed by atoms with Crippen molar-refractivity contribution in [2.75, 3.05) is 39.8 Å². The van der Waals surface area contributed by atoms with Crippen molar-refractivity contribution in [1.29, 1.82) is 0 Å². The third-order valence-electron chi connectivity index (χ3n) is 5.41. The molecule has 1 aromatic heterocycles. The highest BCUT2D eigenvalue weighted by Gasteiger charge is 2.22. The van der Waals surface area contributed by atoms with E-state index in [1.165, 1.54) is 43.6 Å². The SMILES string of the molecule is CN=C(NCC1CCCN(Cc2cccs2)C1)N1CCC(C)CC1. The van der Waals surface area contributed by atoms with Gasteiger partial charge in [0.2, 0.25) is 0 Å². The number of hydrogen-bond acceptors (Lipinski definition) is 3. The van der Waals surface area contributed by atoms with Crippen molar-refractivity contribution in [3.63, 3.8) is 0 Å². The van der Waals surface area contributed by atoms with Gasteiger partial charge in [-0.25, -0.2) is 0 Å². The van der Waals surface area contributed by atoms with E-state index < -0.39 is 0 Å². The van der Waals surface area contributed by atoms with E-state index in [1.807, 2.05) is 18.4 Å². The van der Waals surface area contributed by atoms with Crippen LogP contribution in [0.5, 0.6) is 0 Å². The molecule has 0 amide bonds. The zero-order valence-electron chi connectivity index (χ0n) is 15.2. The Kier molecular flexibility index (Phi) is 6.55. The van der Waals surface area contributed by atoms with Gasteiger partial charge in [0, 0.05) is 44.6 Å². The Morgan fingerprint density at radius 2 is 2.12 bits per heavy atom. The number of thiophene rings is 1. The van der Waals surface area contributed by atoms with Crippen LogP contribution in [0.25, 0.3) is 0 Å². The summed E-state index contributed by atoms with van der Waals surface area (Å²) in [7, 11) is 1.92. The maximum absolute atomic E-state index is 4.52.